The zero-order chi connectivity index (χ0) is 26.4. The number of ether oxygens (including phenoxy) is 1. The van der Waals surface area contributed by atoms with E-state index in [0.717, 1.165) is 11.6 Å². The van der Waals surface area contributed by atoms with E-state index in [9.17, 15) is 26.3 Å². The summed E-state index contributed by atoms with van der Waals surface area (Å²) in [5.41, 5.74) is -1.17. The Morgan fingerprint density at radius 3 is 2.35 bits per heavy atom. The van der Waals surface area contributed by atoms with Crippen LogP contribution < -0.4 is 5.32 Å². The predicted octanol–water partition coefficient (Wildman–Crippen LogP) is 7.02. The number of nitrogens with one attached hydrogen (secondary N) is 1. The predicted molar refractivity (Wildman–Crippen MR) is 127 cm³/mol. The number of rotatable bonds is 4. The first kappa shape index (κ1) is 25.1. The summed E-state index contributed by atoms with van der Waals surface area (Å²) >= 11 is 0. The van der Waals surface area contributed by atoms with E-state index < -0.39 is 23.5 Å². The first-order valence-corrected chi connectivity index (χ1v) is 11.6. The van der Waals surface area contributed by atoms with Gasteiger partial charge in [-0.3, -0.25) is 0 Å². The topological polar surface area (TPSA) is 52.0 Å². The van der Waals surface area contributed by atoms with Gasteiger partial charge in [0, 0.05) is 36.7 Å². The molecule has 1 saturated heterocycles. The van der Waals surface area contributed by atoms with Gasteiger partial charge < -0.3 is 14.6 Å². The van der Waals surface area contributed by atoms with Crippen LogP contribution in [0.1, 0.15) is 29.5 Å². The summed E-state index contributed by atoms with van der Waals surface area (Å²) in [4.78, 5) is 8.68. The second kappa shape index (κ2) is 9.37. The maximum atomic E-state index is 14.1. The summed E-state index contributed by atoms with van der Waals surface area (Å²) < 4.78 is 89.3. The molecular formula is C26H22F6N4O. The van der Waals surface area contributed by atoms with E-state index in [1.54, 1.807) is 16.7 Å². The van der Waals surface area contributed by atoms with Crippen molar-refractivity contribution >= 4 is 16.9 Å². The summed E-state index contributed by atoms with van der Waals surface area (Å²) in [7, 11) is 0. The van der Waals surface area contributed by atoms with Crippen LogP contribution in [-0.4, -0.2) is 33.8 Å². The number of aryl methyl sites for hydroxylation is 1. The van der Waals surface area contributed by atoms with Crippen molar-refractivity contribution in [3.63, 3.8) is 0 Å². The van der Waals surface area contributed by atoms with Crippen molar-refractivity contribution in [1.82, 2.24) is 14.5 Å². The monoisotopic (exact) mass is 520 g/mol. The lowest BCUT2D eigenvalue weighted by molar-refractivity contribution is -0.142. The third-order valence-electron chi connectivity index (χ3n) is 6.37. The molecule has 1 aliphatic rings. The fourth-order valence-electron chi connectivity index (χ4n) is 4.58. The number of hydrogen-bond acceptors (Lipinski definition) is 4. The highest BCUT2D eigenvalue weighted by molar-refractivity contribution is 6.02. The number of hydrogen-bond donors (Lipinski definition) is 1. The van der Waals surface area contributed by atoms with Crippen molar-refractivity contribution in [3.8, 4) is 16.8 Å². The maximum Gasteiger partial charge on any atom is 0.417 e. The van der Waals surface area contributed by atoms with Gasteiger partial charge in [0.15, 0.2) is 5.65 Å². The minimum Gasteiger partial charge on any atom is -0.381 e. The normalized spacial score (nSPS) is 15.3. The minimum atomic E-state index is -5.03. The van der Waals surface area contributed by atoms with Crippen LogP contribution in [0, 0.1) is 6.92 Å². The molecule has 0 amide bonds. The van der Waals surface area contributed by atoms with Crippen molar-refractivity contribution in [2.24, 2.45) is 0 Å². The van der Waals surface area contributed by atoms with E-state index >= 15 is 0 Å². The molecule has 0 saturated carbocycles. The highest BCUT2D eigenvalue weighted by atomic mass is 19.4. The van der Waals surface area contributed by atoms with Gasteiger partial charge >= 0.3 is 12.4 Å². The second-order valence-corrected chi connectivity index (χ2v) is 8.96. The maximum absolute atomic E-state index is 14.1. The molecule has 0 spiro atoms. The average molecular weight is 520 g/mol. The van der Waals surface area contributed by atoms with E-state index in [1.165, 1.54) is 12.5 Å². The lowest BCUT2D eigenvalue weighted by Crippen LogP contribution is -2.28. The van der Waals surface area contributed by atoms with Gasteiger partial charge in [-0.2, -0.15) is 26.3 Å². The average Bonchev–Trinajstić information content (AvgIpc) is 3.24. The highest BCUT2D eigenvalue weighted by Gasteiger charge is 2.39. The summed E-state index contributed by atoms with van der Waals surface area (Å²) in [6.07, 6.45) is -5.81. The van der Waals surface area contributed by atoms with Crippen LogP contribution in [0.3, 0.4) is 0 Å². The number of benzene rings is 2. The van der Waals surface area contributed by atoms with Gasteiger partial charge in [0.25, 0.3) is 0 Å². The van der Waals surface area contributed by atoms with Crippen LogP contribution in [0.5, 0.6) is 0 Å². The van der Waals surface area contributed by atoms with Crippen LogP contribution in [0.15, 0.2) is 55.0 Å². The van der Waals surface area contributed by atoms with E-state index in [0.29, 0.717) is 54.7 Å². The van der Waals surface area contributed by atoms with Gasteiger partial charge in [-0.05, 0) is 55.2 Å². The fourth-order valence-corrected chi connectivity index (χ4v) is 4.58. The molecule has 11 heteroatoms. The number of halogens is 6. The molecule has 5 nitrogen and oxygen atoms in total. The van der Waals surface area contributed by atoms with Crippen LogP contribution >= 0.6 is 0 Å². The third-order valence-corrected chi connectivity index (χ3v) is 6.37. The molecule has 0 radical (unpaired) electrons. The molecule has 2 aromatic heterocycles. The van der Waals surface area contributed by atoms with E-state index in [1.807, 2.05) is 19.1 Å². The molecule has 0 bridgehead atoms. The van der Waals surface area contributed by atoms with Gasteiger partial charge in [0.1, 0.15) is 12.1 Å². The lowest BCUT2D eigenvalue weighted by Gasteiger charge is -2.24. The van der Waals surface area contributed by atoms with Crippen LogP contribution in [0.4, 0.5) is 32.2 Å². The quantitative estimate of drug-likeness (QED) is 0.294. The lowest BCUT2D eigenvalue weighted by atomic mass is 9.96. The molecule has 4 aromatic rings. The van der Waals surface area contributed by atoms with E-state index in [4.69, 9.17) is 4.74 Å². The molecule has 194 valence electrons. The number of anilines is 1. The molecule has 0 atom stereocenters. The molecule has 0 aliphatic carbocycles. The molecule has 1 fully saturated rings. The van der Waals surface area contributed by atoms with Crippen molar-refractivity contribution in [3.05, 3.63) is 71.7 Å². The largest absolute Gasteiger partial charge is 0.417 e. The standard InChI is InChI=1S/C26H22F6N4O/c1-15-3-2-4-18(11-15)36-13-20(19-6-5-16(25(27,28)29)12-21(19)26(30,31)32)22-23(33-14-34-24(22)36)35-17-7-9-37-10-8-17/h2-6,11-14,17H,7-10H2,1H3,(H,33,34,35). The van der Waals surface area contributed by atoms with Crippen LogP contribution in [-0.2, 0) is 17.1 Å². The molecule has 0 unspecified atom stereocenters. The molecule has 2 aromatic carbocycles. The summed E-state index contributed by atoms with van der Waals surface area (Å²) in [5.74, 6) is 0.311. The zero-order valence-electron chi connectivity index (χ0n) is 19.6. The fraction of sp³-hybridized carbons (Fsp3) is 0.308. The molecule has 1 N–H and O–H groups in total. The molecule has 1 aliphatic heterocycles. The zero-order valence-corrected chi connectivity index (χ0v) is 19.6. The Balaban J connectivity index is 1.78. The van der Waals surface area contributed by atoms with E-state index in [-0.39, 0.29) is 23.2 Å². The third kappa shape index (κ3) is 5.00. The summed E-state index contributed by atoms with van der Waals surface area (Å²) in [5, 5.41) is 3.59. The first-order chi connectivity index (χ1) is 17.5. The number of nitrogens with zero attached hydrogens (tertiary/aromatic N) is 3. The van der Waals surface area contributed by atoms with Gasteiger partial charge in [-0.15, -0.1) is 0 Å². The Labute approximate surface area is 208 Å². The van der Waals surface area contributed by atoms with Crippen molar-refractivity contribution in [2.45, 2.75) is 38.2 Å². The number of alkyl halides is 6. The Morgan fingerprint density at radius 1 is 0.919 bits per heavy atom. The summed E-state index contributed by atoms with van der Waals surface area (Å²) in [6, 6.07) is 8.95. The van der Waals surface area contributed by atoms with Gasteiger partial charge in [0.2, 0.25) is 0 Å². The molecule has 3 heterocycles. The Bertz CT molecular complexity index is 1440. The van der Waals surface area contributed by atoms with Crippen molar-refractivity contribution in [1.29, 1.82) is 0 Å². The number of aromatic nitrogens is 3. The van der Waals surface area contributed by atoms with E-state index in [2.05, 4.69) is 15.3 Å². The summed E-state index contributed by atoms with van der Waals surface area (Å²) in [6.45, 7) is 2.93. The van der Waals surface area contributed by atoms with Gasteiger partial charge in [0.05, 0.1) is 16.5 Å². The Morgan fingerprint density at radius 2 is 1.68 bits per heavy atom. The highest BCUT2D eigenvalue weighted by Crippen LogP contribution is 2.44. The number of fused-ring (bicyclic) bond motifs is 1. The smallest absolute Gasteiger partial charge is 0.381 e. The van der Waals surface area contributed by atoms with Crippen molar-refractivity contribution < 1.29 is 31.1 Å². The molecule has 5 rings (SSSR count). The molecular weight excluding hydrogens is 498 g/mol. The van der Waals surface area contributed by atoms with Gasteiger partial charge in [-0.25, -0.2) is 9.97 Å². The molecule has 37 heavy (non-hydrogen) atoms. The van der Waals surface area contributed by atoms with Crippen LogP contribution in [0.2, 0.25) is 0 Å². The van der Waals surface area contributed by atoms with Crippen LogP contribution in [0.25, 0.3) is 27.8 Å². The first-order valence-electron chi connectivity index (χ1n) is 11.6. The Kier molecular flexibility index (Phi) is 6.35. The second-order valence-electron chi connectivity index (χ2n) is 8.96. The van der Waals surface area contributed by atoms with Crippen molar-refractivity contribution in [2.75, 3.05) is 18.5 Å². The minimum absolute atomic E-state index is 0.0308. The Hall–Kier alpha value is -3.60. The van der Waals surface area contributed by atoms with Gasteiger partial charge in [-0.1, -0.05) is 18.2 Å². The SMILES string of the molecule is Cc1cccc(-n2cc(-c3ccc(C(F)(F)F)cc3C(F)(F)F)c3c(NC4CCOCC4)ncnc32)c1.